The van der Waals surface area contributed by atoms with Gasteiger partial charge in [-0.1, -0.05) is 29.3 Å². The van der Waals surface area contributed by atoms with E-state index in [9.17, 15) is 5.11 Å². The maximum Gasteiger partial charge on any atom is 0.191 e. The lowest BCUT2D eigenvalue weighted by Gasteiger charge is -2.27. The number of hydrogen-bond acceptors (Lipinski definition) is 4. The van der Waals surface area contributed by atoms with Crippen molar-refractivity contribution in [3.8, 4) is 5.75 Å². The van der Waals surface area contributed by atoms with Crippen LogP contribution in [0, 0.1) is 0 Å². The topological polar surface area (TPSA) is 80.3 Å². The lowest BCUT2D eigenvalue weighted by molar-refractivity contribution is 0.0670. The normalized spacial score (nSPS) is 17.4. The molecule has 1 aromatic carbocycles. The Morgan fingerprint density at radius 3 is 2.86 bits per heavy atom. The van der Waals surface area contributed by atoms with E-state index >= 15 is 0 Å². The number of aliphatic hydroxyl groups is 1. The van der Waals surface area contributed by atoms with Crippen LogP contribution in [0.2, 0.25) is 10.0 Å². The summed E-state index contributed by atoms with van der Waals surface area (Å²) < 4.78 is 10.7. The molecule has 22 heavy (non-hydrogen) atoms. The summed E-state index contributed by atoms with van der Waals surface area (Å²) in [6.07, 6.45) is -0.783. The number of ether oxygens (including phenoxy) is 2. The van der Waals surface area contributed by atoms with Crippen LogP contribution < -0.4 is 10.5 Å². The average molecular weight is 348 g/mol. The minimum Gasteiger partial charge on any atom is -0.489 e. The minimum absolute atomic E-state index is 0.0555. The summed E-state index contributed by atoms with van der Waals surface area (Å²) in [6, 6.07) is 5.08. The van der Waals surface area contributed by atoms with E-state index in [-0.39, 0.29) is 13.2 Å². The summed E-state index contributed by atoms with van der Waals surface area (Å²) in [5.41, 5.74) is 5.88. The first-order chi connectivity index (χ1) is 10.6. The molecule has 0 amide bonds. The van der Waals surface area contributed by atoms with Gasteiger partial charge in [0.25, 0.3) is 0 Å². The summed E-state index contributed by atoms with van der Waals surface area (Å²) in [6.45, 7) is 2.89. The number of aliphatic hydroxyl groups excluding tert-OH is 1. The first kappa shape index (κ1) is 17.1. The predicted molar refractivity (Wildman–Crippen MR) is 86.8 cm³/mol. The molecule has 1 atom stereocenters. The number of benzene rings is 1. The van der Waals surface area contributed by atoms with Crippen molar-refractivity contribution in [3.63, 3.8) is 0 Å². The van der Waals surface area contributed by atoms with Crippen LogP contribution in [0.4, 0.5) is 0 Å². The fourth-order valence-corrected chi connectivity index (χ4v) is 2.27. The quantitative estimate of drug-likeness (QED) is 0.621. The zero-order valence-electron chi connectivity index (χ0n) is 12.0. The Morgan fingerprint density at radius 2 is 2.14 bits per heavy atom. The molecule has 1 aromatic rings. The maximum atomic E-state index is 9.91. The summed E-state index contributed by atoms with van der Waals surface area (Å²) in [7, 11) is 0. The third-order valence-electron chi connectivity index (χ3n) is 3.15. The van der Waals surface area contributed by atoms with Crippen molar-refractivity contribution >= 4 is 29.2 Å². The van der Waals surface area contributed by atoms with Gasteiger partial charge in [-0.2, -0.15) is 0 Å². The zero-order chi connectivity index (χ0) is 15.9. The van der Waals surface area contributed by atoms with E-state index < -0.39 is 6.10 Å². The Labute approximate surface area is 139 Å². The lowest BCUT2D eigenvalue weighted by Crippen LogP contribution is -2.45. The molecule has 8 heteroatoms. The molecule has 0 spiro atoms. The van der Waals surface area contributed by atoms with Gasteiger partial charge < -0.3 is 25.2 Å². The number of rotatable bonds is 5. The van der Waals surface area contributed by atoms with Gasteiger partial charge >= 0.3 is 0 Å². The molecule has 0 aromatic heterocycles. The van der Waals surface area contributed by atoms with Crippen molar-refractivity contribution in [1.82, 2.24) is 4.90 Å². The third kappa shape index (κ3) is 4.91. The van der Waals surface area contributed by atoms with Gasteiger partial charge in [-0.25, -0.2) is 0 Å². The van der Waals surface area contributed by atoms with Crippen molar-refractivity contribution in [2.24, 2.45) is 10.7 Å². The second-order valence-electron chi connectivity index (χ2n) is 4.82. The number of aliphatic imine (C=N–C) groups is 1. The largest absolute Gasteiger partial charge is 0.489 e. The Hall–Kier alpha value is -1.21. The van der Waals surface area contributed by atoms with Crippen molar-refractivity contribution < 1.29 is 14.6 Å². The second-order valence-corrected chi connectivity index (χ2v) is 5.60. The lowest BCUT2D eigenvalue weighted by atomic mass is 10.3. The average Bonchev–Trinajstić information content (AvgIpc) is 2.54. The van der Waals surface area contributed by atoms with Crippen LogP contribution in [0.25, 0.3) is 0 Å². The first-order valence-electron chi connectivity index (χ1n) is 6.95. The molecule has 0 saturated carbocycles. The molecule has 1 saturated heterocycles. The highest BCUT2D eigenvalue weighted by atomic mass is 35.5. The monoisotopic (exact) mass is 347 g/mol. The highest BCUT2D eigenvalue weighted by Gasteiger charge is 2.13. The minimum atomic E-state index is -0.783. The number of hydrogen-bond donors (Lipinski definition) is 2. The number of guanidine groups is 1. The summed E-state index contributed by atoms with van der Waals surface area (Å²) in [5, 5.41) is 10.6. The molecule has 3 N–H and O–H groups in total. The van der Waals surface area contributed by atoms with Gasteiger partial charge in [0.1, 0.15) is 23.5 Å². The molecule has 1 fully saturated rings. The predicted octanol–water partition coefficient (Wildman–Crippen LogP) is 1.38. The van der Waals surface area contributed by atoms with Gasteiger partial charge in [-0.3, -0.25) is 4.99 Å². The molecule has 1 aliphatic rings. The Kier molecular flexibility index (Phi) is 6.57. The van der Waals surface area contributed by atoms with Crippen molar-refractivity contribution in [1.29, 1.82) is 0 Å². The van der Waals surface area contributed by atoms with E-state index in [2.05, 4.69) is 4.99 Å². The van der Waals surface area contributed by atoms with Crippen LogP contribution in [-0.2, 0) is 4.74 Å². The molecule has 6 nitrogen and oxygen atoms in total. The molecule has 122 valence electrons. The van der Waals surface area contributed by atoms with E-state index in [0.717, 1.165) is 0 Å². The Balaban J connectivity index is 1.80. The highest BCUT2D eigenvalue weighted by Crippen LogP contribution is 2.31. The van der Waals surface area contributed by atoms with E-state index in [0.29, 0.717) is 48.1 Å². The Morgan fingerprint density at radius 1 is 1.41 bits per heavy atom. The van der Waals surface area contributed by atoms with E-state index in [1.807, 2.05) is 4.90 Å². The molecular formula is C14H19Cl2N3O3. The molecule has 1 heterocycles. The molecular weight excluding hydrogens is 329 g/mol. The summed E-state index contributed by atoms with van der Waals surface area (Å²) >= 11 is 11.9. The van der Waals surface area contributed by atoms with E-state index in [1.165, 1.54) is 0 Å². The van der Waals surface area contributed by atoms with Crippen LogP contribution in [0.5, 0.6) is 5.75 Å². The molecule has 0 bridgehead atoms. The van der Waals surface area contributed by atoms with E-state index in [4.69, 9.17) is 38.4 Å². The molecule has 0 radical (unpaired) electrons. The van der Waals surface area contributed by atoms with Crippen molar-refractivity contribution in [2.75, 3.05) is 39.5 Å². The number of nitrogens with zero attached hydrogens (tertiary/aromatic N) is 2. The second kappa shape index (κ2) is 8.43. The highest BCUT2D eigenvalue weighted by molar-refractivity contribution is 6.42. The molecule has 1 aliphatic heterocycles. The standard InChI is InChI=1S/C14H19Cl2N3O3/c15-11-2-1-3-12(13(11)16)22-9-10(20)8-18-14(17)19-4-6-21-7-5-19/h1-3,10,20H,4-9H2,(H2,17,18). The number of morpholine rings is 1. The van der Waals surface area contributed by atoms with Gasteiger partial charge in [0.15, 0.2) is 5.96 Å². The third-order valence-corrected chi connectivity index (χ3v) is 3.95. The van der Waals surface area contributed by atoms with Crippen molar-refractivity contribution in [3.05, 3.63) is 28.2 Å². The molecule has 0 aliphatic carbocycles. The number of halogens is 2. The van der Waals surface area contributed by atoms with Crippen molar-refractivity contribution in [2.45, 2.75) is 6.10 Å². The first-order valence-corrected chi connectivity index (χ1v) is 7.71. The van der Waals surface area contributed by atoms with Gasteiger partial charge in [0.05, 0.1) is 24.8 Å². The van der Waals surface area contributed by atoms with Crippen LogP contribution in [0.15, 0.2) is 23.2 Å². The summed E-state index contributed by atoms with van der Waals surface area (Å²) in [4.78, 5) is 6.10. The zero-order valence-corrected chi connectivity index (χ0v) is 13.6. The van der Waals surface area contributed by atoms with Crippen LogP contribution in [-0.4, -0.2) is 61.5 Å². The van der Waals surface area contributed by atoms with Gasteiger partial charge in [0, 0.05) is 13.1 Å². The van der Waals surface area contributed by atoms with Gasteiger partial charge in [-0.05, 0) is 12.1 Å². The smallest absolute Gasteiger partial charge is 0.191 e. The van der Waals surface area contributed by atoms with Crippen LogP contribution in [0.3, 0.4) is 0 Å². The van der Waals surface area contributed by atoms with E-state index in [1.54, 1.807) is 18.2 Å². The summed E-state index contributed by atoms with van der Waals surface area (Å²) in [5.74, 6) is 0.835. The molecule has 1 unspecified atom stereocenters. The fourth-order valence-electron chi connectivity index (χ4n) is 1.93. The van der Waals surface area contributed by atoms with Gasteiger partial charge in [0.2, 0.25) is 0 Å². The van der Waals surface area contributed by atoms with Gasteiger partial charge in [-0.15, -0.1) is 0 Å². The maximum absolute atomic E-state index is 9.91. The van der Waals surface area contributed by atoms with Crippen LogP contribution >= 0.6 is 23.2 Å². The SMILES string of the molecule is NC(=NCC(O)COc1cccc(Cl)c1Cl)N1CCOCC1. The number of nitrogens with two attached hydrogens (primary N) is 1. The molecule has 2 rings (SSSR count). The van der Waals surface area contributed by atoms with Crippen LogP contribution in [0.1, 0.15) is 0 Å². The Bertz CT molecular complexity index is 522. The fraction of sp³-hybridized carbons (Fsp3) is 0.500.